The van der Waals surface area contributed by atoms with Crippen molar-refractivity contribution in [2.75, 3.05) is 12.8 Å². The minimum Gasteiger partial charge on any atom is -0.489 e. The van der Waals surface area contributed by atoms with Crippen LogP contribution < -0.4 is 9.47 Å². The van der Waals surface area contributed by atoms with Gasteiger partial charge in [0.2, 0.25) is 0 Å². The van der Waals surface area contributed by atoms with Gasteiger partial charge in [0, 0.05) is 17.9 Å². The fourth-order valence-electron chi connectivity index (χ4n) is 7.74. The number of benzene rings is 4. The van der Waals surface area contributed by atoms with Gasteiger partial charge in [0.25, 0.3) is 0 Å². The third-order valence-electron chi connectivity index (χ3n) is 10.6. The van der Waals surface area contributed by atoms with Crippen molar-refractivity contribution in [1.82, 2.24) is 0 Å². The normalized spacial score (nSPS) is 26.5. The summed E-state index contributed by atoms with van der Waals surface area (Å²) in [5.41, 5.74) is 2.02. The minimum absolute atomic E-state index is 0.130. The van der Waals surface area contributed by atoms with Crippen molar-refractivity contribution >= 4 is 9.73 Å². The van der Waals surface area contributed by atoms with Gasteiger partial charge in [-0.25, -0.2) is 8.57 Å². The highest BCUT2D eigenvalue weighted by Gasteiger charge is 2.54. The van der Waals surface area contributed by atoms with E-state index in [2.05, 4.69) is 60.7 Å². The van der Waals surface area contributed by atoms with E-state index >= 15 is 0 Å². The Hall–Kier alpha value is -3.87. The smallest absolute Gasteiger partial charge is 0.123 e. The Morgan fingerprint density at radius 3 is 2.11 bits per heavy atom. The van der Waals surface area contributed by atoms with Gasteiger partial charge in [0.15, 0.2) is 0 Å². The molecule has 47 heavy (non-hydrogen) atoms. The summed E-state index contributed by atoms with van der Waals surface area (Å²) >= 11 is 0. The molecule has 6 rings (SSSR count). The van der Waals surface area contributed by atoms with Crippen molar-refractivity contribution in [1.29, 1.82) is 0 Å². The Morgan fingerprint density at radius 1 is 0.851 bits per heavy atom. The Bertz CT molecular complexity index is 1780. The SMILES string of the molecule is CN=[S@](=O)(C[C@@]1(O)CCC[C@@H]2[C@@H]1C=C[C@@H](C)[C@@]2(C)Cc1cc(OCc2ccccc2)ccc1OCc1ccccc1)c1ccccc1. The van der Waals surface area contributed by atoms with Gasteiger partial charge in [0.05, 0.1) is 21.1 Å². The predicted octanol–water partition coefficient (Wildman–Crippen LogP) is 8.90. The lowest BCUT2D eigenvalue weighted by Crippen LogP contribution is -2.55. The van der Waals surface area contributed by atoms with Gasteiger partial charge >= 0.3 is 0 Å². The number of ether oxygens (including phenoxy) is 2. The molecule has 0 unspecified atom stereocenters. The highest BCUT2D eigenvalue weighted by Crippen LogP contribution is 2.56. The lowest BCUT2D eigenvalue weighted by molar-refractivity contribution is -0.0829. The summed E-state index contributed by atoms with van der Waals surface area (Å²) in [7, 11) is -1.18. The molecule has 4 aromatic carbocycles. The minimum atomic E-state index is -2.79. The molecule has 0 amide bonds. The summed E-state index contributed by atoms with van der Waals surface area (Å²) in [6, 6.07) is 36.1. The van der Waals surface area contributed by atoms with E-state index in [4.69, 9.17) is 9.47 Å². The van der Waals surface area contributed by atoms with Crippen molar-refractivity contribution in [2.24, 2.45) is 27.5 Å². The first-order valence-electron chi connectivity index (χ1n) is 16.8. The number of hydrogen-bond donors (Lipinski definition) is 1. The molecule has 0 saturated heterocycles. The standard InChI is InChI=1S/C41H47NO4S/c1-31-21-23-38-37(20-13-25-41(38,43)30-47(44,42-3)36-18-11-6-12-19-36)40(31,2)27-34-26-35(45-28-32-14-7-4-8-15-32)22-24-39(34)46-29-33-16-9-5-10-17-33/h4-12,14-19,21-24,26,31,37-38,43H,13,20,25,27-30H2,1-3H3/t31-,37-,38+,40-,41+,47+/m1/s1. The molecule has 0 radical (unpaired) electrons. The topological polar surface area (TPSA) is 68.1 Å². The van der Waals surface area contributed by atoms with Gasteiger partial charge in [-0.05, 0) is 83.5 Å². The molecule has 1 fully saturated rings. The highest BCUT2D eigenvalue weighted by atomic mass is 32.2. The maximum absolute atomic E-state index is 14.3. The molecule has 1 N–H and O–H groups in total. The van der Waals surface area contributed by atoms with Crippen molar-refractivity contribution in [3.05, 3.63) is 138 Å². The predicted molar refractivity (Wildman–Crippen MR) is 190 cm³/mol. The molecule has 2 aliphatic rings. The van der Waals surface area contributed by atoms with E-state index in [-0.39, 0.29) is 28.9 Å². The highest BCUT2D eigenvalue weighted by molar-refractivity contribution is 7.93. The van der Waals surface area contributed by atoms with Crippen molar-refractivity contribution in [3.63, 3.8) is 0 Å². The molecule has 0 aromatic heterocycles. The first-order chi connectivity index (χ1) is 22.7. The summed E-state index contributed by atoms with van der Waals surface area (Å²) in [5, 5.41) is 12.4. The second-order valence-corrected chi connectivity index (χ2v) is 16.0. The van der Waals surface area contributed by atoms with Gasteiger partial charge in [-0.15, -0.1) is 0 Å². The van der Waals surface area contributed by atoms with Crippen LogP contribution in [0.25, 0.3) is 0 Å². The third-order valence-corrected chi connectivity index (χ3v) is 13.1. The van der Waals surface area contributed by atoms with Crippen LogP contribution in [0.2, 0.25) is 0 Å². The first kappa shape index (κ1) is 33.0. The fourth-order valence-corrected chi connectivity index (χ4v) is 9.85. The molecule has 0 bridgehead atoms. The van der Waals surface area contributed by atoms with Gasteiger partial charge in [-0.2, -0.15) is 0 Å². The first-order valence-corrected chi connectivity index (χ1v) is 18.5. The number of rotatable bonds is 11. The number of nitrogens with zero attached hydrogens (tertiary/aromatic N) is 1. The summed E-state index contributed by atoms with van der Waals surface area (Å²) in [6.45, 7) is 5.61. The van der Waals surface area contributed by atoms with Gasteiger partial charge < -0.3 is 14.6 Å². The summed E-state index contributed by atoms with van der Waals surface area (Å²) in [5.74, 6) is 2.11. The van der Waals surface area contributed by atoms with Crippen LogP contribution in [0.3, 0.4) is 0 Å². The number of allylic oxidation sites excluding steroid dienone is 1. The molecular formula is C41H47NO4S. The third kappa shape index (κ3) is 7.19. The maximum atomic E-state index is 14.3. The maximum Gasteiger partial charge on any atom is 0.123 e. The number of hydrogen-bond acceptors (Lipinski definition) is 5. The largest absolute Gasteiger partial charge is 0.489 e. The summed E-state index contributed by atoms with van der Waals surface area (Å²) in [6.07, 6.45) is 7.72. The van der Waals surface area contributed by atoms with E-state index in [0.29, 0.717) is 24.5 Å². The van der Waals surface area contributed by atoms with Crippen LogP contribution in [0, 0.1) is 23.2 Å². The van der Waals surface area contributed by atoms with Crippen LogP contribution in [-0.4, -0.2) is 27.7 Å². The van der Waals surface area contributed by atoms with Crippen LogP contribution >= 0.6 is 0 Å². The van der Waals surface area contributed by atoms with Crippen LogP contribution in [0.15, 0.2) is 131 Å². The van der Waals surface area contributed by atoms with Crippen molar-refractivity contribution < 1.29 is 18.8 Å². The molecular weight excluding hydrogens is 603 g/mol. The Morgan fingerprint density at radius 2 is 1.47 bits per heavy atom. The number of aliphatic hydroxyl groups is 1. The molecule has 6 atom stereocenters. The lowest BCUT2D eigenvalue weighted by atomic mass is 9.52. The zero-order valence-electron chi connectivity index (χ0n) is 27.8. The van der Waals surface area contributed by atoms with E-state index in [0.717, 1.165) is 47.5 Å². The van der Waals surface area contributed by atoms with E-state index in [1.54, 1.807) is 7.05 Å². The quantitative estimate of drug-likeness (QED) is 0.165. The molecule has 1 saturated carbocycles. The second-order valence-electron chi connectivity index (χ2n) is 13.6. The molecule has 5 nitrogen and oxygen atoms in total. The number of fused-ring (bicyclic) bond motifs is 1. The van der Waals surface area contributed by atoms with Gasteiger partial charge in [0.1, 0.15) is 24.7 Å². The Labute approximate surface area is 280 Å². The Kier molecular flexibility index (Phi) is 9.90. The second kappa shape index (κ2) is 14.1. The monoisotopic (exact) mass is 649 g/mol. The fraction of sp³-hybridized carbons (Fsp3) is 0.366. The molecule has 246 valence electrons. The van der Waals surface area contributed by atoms with Crippen LogP contribution in [-0.2, 0) is 29.4 Å². The van der Waals surface area contributed by atoms with E-state index < -0.39 is 15.3 Å². The molecule has 4 aromatic rings. The molecule has 0 aliphatic heterocycles. The molecule has 6 heteroatoms. The van der Waals surface area contributed by atoms with Crippen molar-refractivity contribution in [2.45, 2.75) is 63.2 Å². The molecule has 2 aliphatic carbocycles. The summed E-state index contributed by atoms with van der Waals surface area (Å²) in [4.78, 5) is 0.682. The lowest BCUT2D eigenvalue weighted by Gasteiger charge is -2.55. The average molecular weight is 650 g/mol. The Balaban J connectivity index is 1.31. The van der Waals surface area contributed by atoms with Crippen molar-refractivity contribution in [3.8, 4) is 11.5 Å². The van der Waals surface area contributed by atoms with E-state index in [1.165, 1.54) is 0 Å². The van der Waals surface area contributed by atoms with E-state index in [1.807, 2.05) is 78.9 Å². The molecule has 0 spiro atoms. The summed E-state index contributed by atoms with van der Waals surface area (Å²) < 4.78 is 31.5. The van der Waals surface area contributed by atoms with Crippen LogP contribution in [0.1, 0.15) is 49.8 Å². The van der Waals surface area contributed by atoms with Gasteiger partial charge in [-0.3, -0.25) is 0 Å². The van der Waals surface area contributed by atoms with Gasteiger partial charge in [-0.1, -0.05) is 111 Å². The van der Waals surface area contributed by atoms with Crippen LogP contribution in [0.5, 0.6) is 11.5 Å². The van der Waals surface area contributed by atoms with E-state index in [9.17, 15) is 9.32 Å². The van der Waals surface area contributed by atoms with Crippen LogP contribution in [0.4, 0.5) is 0 Å². The zero-order valence-corrected chi connectivity index (χ0v) is 28.6. The molecule has 0 heterocycles. The zero-order chi connectivity index (χ0) is 32.9. The average Bonchev–Trinajstić information content (AvgIpc) is 3.10.